The summed E-state index contributed by atoms with van der Waals surface area (Å²) in [6, 6.07) is 5.31. The molecule has 20 heavy (non-hydrogen) atoms. The normalized spacial score (nSPS) is 10.4. The molecule has 0 saturated carbocycles. The molecule has 2 N–H and O–H groups in total. The molecule has 1 aromatic rings. The van der Waals surface area contributed by atoms with E-state index in [1.54, 1.807) is 32.4 Å². The van der Waals surface area contributed by atoms with Gasteiger partial charge in [0.2, 0.25) is 5.91 Å². The summed E-state index contributed by atoms with van der Waals surface area (Å²) in [5.41, 5.74) is 0.705. The zero-order valence-electron chi connectivity index (χ0n) is 12.7. The lowest BCUT2D eigenvalue weighted by Gasteiger charge is -2.11. The van der Waals surface area contributed by atoms with Crippen LogP contribution in [0.4, 0.5) is 5.69 Å². The molecule has 0 aromatic heterocycles. The van der Waals surface area contributed by atoms with Crippen LogP contribution in [0.3, 0.4) is 0 Å². The molecule has 0 radical (unpaired) electrons. The van der Waals surface area contributed by atoms with Crippen molar-refractivity contribution in [1.82, 2.24) is 5.32 Å². The van der Waals surface area contributed by atoms with Gasteiger partial charge in [0.05, 0.1) is 14.2 Å². The summed E-state index contributed by atoms with van der Waals surface area (Å²) in [4.78, 5) is 11.8. The fourth-order valence-corrected chi connectivity index (χ4v) is 1.73. The van der Waals surface area contributed by atoms with Gasteiger partial charge in [0.25, 0.3) is 0 Å². The van der Waals surface area contributed by atoms with E-state index in [4.69, 9.17) is 9.47 Å². The van der Waals surface area contributed by atoms with Gasteiger partial charge in [-0.25, -0.2) is 0 Å². The van der Waals surface area contributed by atoms with Crippen molar-refractivity contribution in [3.63, 3.8) is 0 Å². The number of hydrogen-bond donors (Lipinski definition) is 2. The second kappa shape index (κ2) is 8.43. The molecule has 0 saturated heterocycles. The summed E-state index contributed by atoms with van der Waals surface area (Å²) < 4.78 is 10.3. The van der Waals surface area contributed by atoms with Gasteiger partial charge in [0, 0.05) is 24.7 Å². The van der Waals surface area contributed by atoms with Crippen LogP contribution >= 0.6 is 0 Å². The van der Waals surface area contributed by atoms with Crippen LogP contribution in [-0.4, -0.2) is 33.2 Å². The molecule has 0 unspecified atom stereocenters. The van der Waals surface area contributed by atoms with Crippen LogP contribution in [0.25, 0.3) is 0 Å². The third-order valence-corrected chi connectivity index (χ3v) is 2.75. The first-order valence-corrected chi connectivity index (χ1v) is 6.79. The lowest BCUT2D eigenvalue weighted by Crippen LogP contribution is -2.24. The monoisotopic (exact) mass is 280 g/mol. The van der Waals surface area contributed by atoms with Crippen LogP contribution in [-0.2, 0) is 4.79 Å². The molecule has 0 aliphatic heterocycles. The van der Waals surface area contributed by atoms with Crippen molar-refractivity contribution < 1.29 is 14.3 Å². The molecule has 112 valence electrons. The Hall–Kier alpha value is -1.75. The minimum atomic E-state index is -0.0199. The number of ether oxygens (including phenoxy) is 2. The van der Waals surface area contributed by atoms with Crippen LogP contribution in [0, 0.1) is 5.92 Å². The Labute approximate surface area is 120 Å². The molecule has 0 heterocycles. The predicted molar refractivity (Wildman–Crippen MR) is 80.5 cm³/mol. The minimum Gasteiger partial charge on any atom is -0.493 e. The van der Waals surface area contributed by atoms with E-state index in [-0.39, 0.29) is 5.91 Å². The van der Waals surface area contributed by atoms with E-state index >= 15 is 0 Å². The Balaban J connectivity index is 2.45. The van der Waals surface area contributed by atoms with Gasteiger partial charge in [-0.15, -0.1) is 0 Å². The number of rotatable bonds is 8. The lowest BCUT2D eigenvalue weighted by molar-refractivity contribution is -0.116. The first kappa shape index (κ1) is 16.3. The number of methoxy groups -OCH3 is 2. The van der Waals surface area contributed by atoms with Crippen molar-refractivity contribution >= 4 is 11.6 Å². The first-order chi connectivity index (χ1) is 9.56. The molecule has 0 bridgehead atoms. The maximum absolute atomic E-state index is 11.8. The zero-order chi connectivity index (χ0) is 15.0. The van der Waals surface area contributed by atoms with Crippen molar-refractivity contribution in [2.45, 2.75) is 20.3 Å². The van der Waals surface area contributed by atoms with Gasteiger partial charge in [0.1, 0.15) is 0 Å². The Kier molecular flexibility index (Phi) is 6.87. The van der Waals surface area contributed by atoms with E-state index in [0.717, 1.165) is 6.54 Å². The van der Waals surface area contributed by atoms with Crippen LogP contribution < -0.4 is 20.1 Å². The molecule has 1 aromatic carbocycles. The molecule has 0 spiro atoms. The molecule has 1 rings (SSSR count). The van der Waals surface area contributed by atoms with E-state index in [1.807, 2.05) is 0 Å². The van der Waals surface area contributed by atoms with Crippen LogP contribution in [0.5, 0.6) is 11.5 Å². The van der Waals surface area contributed by atoms with Crippen molar-refractivity contribution in [3.05, 3.63) is 18.2 Å². The highest BCUT2D eigenvalue weighted by Crippen LogP contribution is 2.29. The molecule has 5 nitrogen and oxygen atoms in total. The number of anilines is 1. The maximum Gasteiger partial charge on any atom is 0.225 e. The highest BCUT2D eigenvalue weighted by molar-refractivity contribution is 5.91. The second-order valence-corrected chi connectivity index (χ2v) is 4.97. The van der Waals surface area contributed by atoms with Crippen LogP contribution in [0.1, 0.15) is 20.3 Å². The van der Waals surface area contributed by atoms with Gasteiger partial charge in [-0.2, -0.15) is 0 Å². The van der Waals surface area contributed by atoms with Gasteiger partial charge in [-0.05, 0) is 24.6 Å². The van der Waals surface area contributed by atoms with Gasteiger partial charge in [-0.1, -0.05) is 13.8 Å². The average molecular weight is 280 g/mol. The van der Waals surface area contributed by atoms with E-state index in [2.05, 4.69) is 24.5 Å². The molecule has 0 fully saturated rings. The summed E-state index contributed by atoms with van der Waals surface area (Å²) in [7, 11) is 3.15. The number of hydrogen-bond acceptors (Lipinski definition) is 4. The smallest absolute Gasteiger partial charge is 0.225 e. The van der Waals surface area contributed by atoms with E-state index < -0.39 is 0 Å². The quantitative estimate of drug-likeness (QED) is 0.717. The summed E-state index contributed by atoms with van der Waals surface area (Å²) in [5.74, 6) is 1.81. The van der Waals surface area contributed by atoms with Gasteiger partial charge in [0.15, 0.2) is 11.5 Å². The predicted octanol–water partition coefficient (Wildman–Crippen LogP) is 2.28. The Morgan fingerprint density at radius 1 is 1.20 bits per heavy atom. The first-order valence-electron chi connectivity index (χ1n) is 6.79. The lowest BCUT2D eigenvalue weighted by atomic mass is 10.2. The molecule has 1 amide bonds. The van der Waals surface area contributed by atoms with E-state index in [9.17, 15) is 4.79 Å². The summed E-state index contributed by atoms with van der Waals surface area (Å²) in [6.45, 7) is 5.87. The molecular formula is C15H24N2O3. The third-order valence-electron chi connectivity index (χ3n) is 2.75. The number of nitrogens with one attached hydrogen (secondary N) is 2. The molecular weight excluding hydrogens is 256 g/mol. The largest absolute Gasteiger partial charge is 0.493 e. The molecule has 0 aliphatic rings. The fraction of sp³-hybridized carbons (Fsp3) is 0.533. The van der Waals surface area contributed by atoms with Crippen molar-refractivity contribution in [2.75, 3.05) is 32.6 Å². The number of amides is 1. The van der Waals surface area contributed by atoms with Gasteiger partial charge < -0.3 is 20.1 Å². The van der Waals surface area contributed by atoms with E-state index in [1.165, 1.54) is 0 Å². The second-order valence-electron chi connectivity index (χ2n) is 4.97. The van der Waals surface area contributed by atoms with E-state index in [0.29, 0.717) is 36.1 Å². The Bertz CT molecular complexity index is 433. The van der Waals surface area contributed by atoms with Gasteiger partial charge in [-0.3, -0.25) is 4.79 Å². The van der Waals surface area contributed by atoms with Crippen LogP contribution in [0.15, 0.2) is 18.2 Å². The SMILES string of the molecule is COc1ccc(NC(=O)CCNCC(C)C)cc1OC. The standard InChI is InChI=1S/C15H24N2O3/c1-11(2)10-16-8-7-15(18)17-12-5-6-13(19-3)14(9-12)20-4/h5-6,9,11,16H,7-8,10H2,1-4H3,(H,17,18). The van der Waals surface area contributed by atoms with Crippen LogP contribution in [0.2, 0.25) is 0 Å². The number of carbonyl (C=O) groups is 1. The van der Waals surface area contributed by atoms with Gasteiger partial charge >= 0.3 is 0 Å². The number of carbonyl (C=O) groups excluding carboxylic acids is 1. The Morgan fingerprint density at radius 2 is 1.90 bits per heavy atom. The highest BCUT2D eigenvalue weighted by Gasteiger charge is 2.07. The highest BCUT2D eigenvalue weighted by atomic mass is 16.5. The fourth-order valence-electron chi connectivity index (χ4n) is 1.73. The Morgan fingerprint density at radius 3 is 2.50 bits per heavy atom. The summed E-state index contributed by atoms with van der Waals surface area (Å²) in [6.07, 6.45) is 0.446. The maximum atomic E-state index is 11.8. The van der Waals surface area contributed by atoms with Crippen molar-refractivity contribution in [3.8, 4) is 11.5 Å². The molecule has 5 heteroatoms. The molecule has 0 aliphatic carbocycles. The molecule has 0 atom stereocenters. The topological polar surface area (TPSA) is 59.6 Å². The van der Waals surface area contributed by atoms with Crippen molar-refractivity contribution in [1.29, 1.82) is 0 Å². The summed E-state index contributed by atoms with van der Waals surface area (Å²) >= 11 is 0. The third kappa shape index (κ3) is 5.48. The zero-order valence-corrected chi connectivity index (χ0v) is 12.7. The summed E-state index contributed by atoms with van der Waals surface area (Å²) in [5, 5.41) is 6.08. The number of benzene rings is 1. The minimum absolute atomic E-state index is 0.0199. The van der Waals surface area contributed by atoms with Crippen molar-refractivity contribution in [2.24, 2.45) is 5.92 Å². The average Bonchev–Trinajstić information content (AvgIpc) is 2.43.